The van der Waals surface area contributed by atoms with E-state index in [1.807, 2.05) is 0 Å². The zero-order chi connectivity index (χ0) is 10.7. The maximum absolute atomic E-state index is 10.9. The topological polar surface area (TPSA) is 101 Å². The predicted molar refractivity (Wildman–Crippen MR) is 44.5 cm³/mol. The van der Waals surface area contributed by atoms with Crippen LogP contribution in [0.25, 0.3) is 0 Å². The summed E-state index contributed by atoms with van der Waals surface area (Å²) in [6, 6.07) is 0. The number of carbonyl (C=O) groups excluding carboxylic acids is 2. The molecule has 2 N–H and O–H groups in total. The fraction of sp³-hybridized carbons (Fsp3) is 0.143. The number of carboxylic acid groups (broad SMARTS) is 1. The third kappa shape index (κ3) is 2.16. The van der Waals surface area contributed by atoms with E-state index >= 15 is 0 Å². The summed E-state index contributed by atoms with van der Waals surface area (Å²) in [7, 11) is 1.62. The number of nitrogens with one attached hydrogen (secondary N) is 1. The molecule has 1 rings (SSSR count). The molecule has 0 aromatic carbocycles. The van der Waals surface area contributed by atoms with Crippen molar-refractivity contribution in [1.82, 2.24) is 9.78 Å². The highest BCUT2D eigenvalue weighted by Gasteiger charge is 2.21. The van der Waals surface area contributed by atoms with Crippen LogP contribution >= 0.6 is 0 Å². The summed E-state index contributed by atoms with van der Waals surface area (Å²) in [5.41, 5.74) is 0.270. The second-order valence-electron chi connectivity index (χ2n) is 2.49. The summed E-state index contributed by atoms with van der Waals surface area (Å²) in [6.07, 6.45) is 2.74. The van der Waals surface area contributed by atoms with E-state index in [4.69, 9.17) is 5.11 Å². The molecule has 0 aliphatic rings. The quantitative estimate of drug-likeness (QED) is 0.478. The molecule has 0 fully saturated rings. The number of aliphatic carboxylic acids is 1. The molecular formula is C7H7N3O4. The van der Waals surface area contributed by atoms with Crippen molar-refractivity contribution in [2.24, 2.45) is 7.05 Å². The Morgan fingerprint density at radius 1 is 1.50 bits per heavy atom. The number of aryl methyl sites for hydroxylation is 1. The van der Waals surface area contributed by atoms with Gasteiger partial charge in [0.15, 0.2) is 0 Å². The summed E-state index contributed by atoms with van der Waals surface area (Å²) in [5, 5.41) is 14.0. The monoisotopic (exact) mass is 197 g/mol. The molecule has 0 saturated heterocycles. The first-order valence-corrected chi connectivity index (χ1v) is 3.58. The van der Waals surface area contributed by atoms with Gasteiger partial charge in [0.1, 0.15) is 0 Å². The number of aromatic nitrogens is 2. The van der Waals surface area contributed by atoms with Gasteiger partial charge < -0.3 is 10.4 Å². The van der Waals surface area contributed by atoms with E-state index in [1.54, 1.807) is 7.05 Å². The maximum atomic E-state index is 10.9. The lowest BCUT2D eigenvalue weighted by Gasteiger charge is -1.96. The largest absolute Gasteiger partial charge is 0.475 e. The van der Waals surface area contributed by atoms with Gasteiger partial charge in [-0.2, -0.15) is 5.10 Å². The molecule has 1 amide bonds. The number of Topliss-reactive ketones (excluding diaryl/α,β-unsaturated/α-hetero) is 1. The summed E-state index contributed by atoms with van der Waals surface area (Å²) in [6.45, 7) is 0. The van der Waals surface area contributed by atoms with E-state index in [0.717, 1.165) is 0 Å². The van der Waals surface area contributed by atoms with Crippen molar-refractivity contribution in [3.63, 3.8) is 0 Å². The summed E-state index contributed by atoms with van der Waals surface area (Å²) in [5.74, 6) is -4.48. The first-order chi connectivity index (χ1) is 6.50. The van der Waals surface area contributed by atoms with Gasteiger partial charge in [-0.1, -0.05) is 0 Å². The van der Waals surface area contributed by atoms with Crippen molar-refractivity contribution in [3.05, 3.63) is 12.4 Å². The normalized spacial score (nSPS) is 9.50. The van der Waals surface area contributed by atoms with E-state index in [-0.39, 0.29) is 5.69 Å². The van der Waals surface area contributed by atoms with Gasteiger partial charge in [0.25, 0.3) is 0 Å². The lowest BCUT2D eigenvalue weighted by molar-refractivity contribution is -0.152. The van der Waals surface area contributed by atoms with E-state index < -0.39 is 17.7 Å². The summed E-state index contributed by atoms with van der Waals surface area (Å²) in [4.78, 5) is 31.6. The summed E-state index contributed by atoms with van der Waals surface area (Å²) >= 11 is 0. The predicted octanol–water partition coefficient (Wildman–Crippen LogP) is -0.988. The van der Waals surface area contributed by atoms with Crippen LogP contribution in [0.15, 0.2) is 12.4 Å². The van der Waals surface area contributed by atoms with Crippen molar-refractivity contribution in [1.29, 1.82) is 0 Å². The fourth-order valence-corrected chi connectivity index (χ4v) is 0.771. The molecule has 14 heavy (non-hydrogen) atoms. The molecule has 74 valence electrons. The molecule has 0 atom stereocenters. The number of rotatable bonds is 3. The maximum Gasteiger partial charge on any atom is 0.382 e. The molecule has 7 nitrogen and oxygen atoms in total. The Labute approximate surface area is 78.3 Å². The molecule has 1 aromatic heterocycles. The van der Waals surface area contributed by atoms with Crippen LogP contribution in [0.3, 0.4) is 0 Å². The van der Waals surface area contributed by atoms with E-state index in [2.05, 4.69) is 10.4 Å². The van der Waals surface area contributed by atoms with Gasteiger partial charge in [0.2, 0.25) is 0 Å². The van der Waals surface area contributed by atoms with Crippen molar-refractivity contribution in [2.45, 2.75) is 0 Å². The molecule has 0 bridgehead atoms. The number of carboxylic acids is 1. The van der Waals surface area contributed by atoms with Crippen molar-refractivity contribution in [3.8, 4) is 0 Å². The van der Waals surface area contributed by atoms with Gasteiger partial charge in [0.05, 0.1) is 11.9 Å². The molecule has 0 radical (unpaired) electrons. The Balaban J connectivity index is 2.66. The van der Waals surface area contributed by atoms with Crippen LogP contribution in [-0.2, 0) is 21.4 Å². The molecule has 0 aliphatic carbocycles. The minimum absolute atomic E-state index is 0.270. The molecule has 0 saturated carbocycles. The van der Waals surface area contributed by atoms with Gasteiger partial charge >= 0.3 is 17.7 Å². The number of hydrogen-bond acceptors (Lipinski definition) is 4. The van der Waals surface area contributed by atoms with E-state index in [0.29, 0.717) is 0 Å². The highest BCUT2D eigenvalue weighted by molar-refractivity contribution is 6.63. The zero-order valence-corrected chi connectivity index (χ0v) is 7.22. The van der Waals surface area contributed by atoms with Crippen LogP contribution in [0.2, 0.25) is 0 Å². The first-order valence-electron chi connectivity index (χ1n) is 3.58. The molecule has 0 spiro atoms. The number of nitrogens with zero attached hydrogens (tertiary/aromatic N) is 2. The molecular weight excluding hydrogens is 190 g/mol. The van der Waals surface area contributed by atoms with Gasteiger partial charge in [-0.3, -0.25) is 14.3 Å². The van der Waals surface area contributed by atoms with Crippen LogP contribution in [0.4, 0.5) is 5.69 Å². The summed E-state index contributed by atoms with van der Waals surface area (Å²) < 4.78 is 1.40. The second kappa shape index (κ2) is 3.69. The zero-order valence-electron chi connectivity index (χ0n) is 7.22. The van der Waals surface area contributed by atoms with Crippen LogP contribution in [0.5, 0.6) is 0 Å². The molecule has 1 aromatic rings. The fourth-order valence-electron chi connectivity index (χ4n) is 0.771. The third-order valence-electron chi connectivity index (χ3n) is 1.36. The Kier molecular flexibility index (Phi) is 2.61. The van der Waals surface area contributed by atoms with Crippen molar-refractivity contribution >= 4 is 23.3 Å². The average Bonchev–Trinajstić information content (AvgIpc) is 2.49. The smallest absolute Gasteiger partial charge is 0.382 e. The molecule has 0 unspecified atom stereocenters. The van der Waals surface area contributed by atoms with E-state index in [1.165, 1.54) is 17.1 Å². The highest BCUT2D eigenvalue weighted by Crippen LogP contribution is 2.02. The van der Waals surface area contributed by atoms with Gasteiger partial charge in [0, 0.05) is 13.2 Å². The van der Waals surface area contributed by atoms with E-state index in [9.17, 15) is 14.4 Å². The van der Waals surface area contributed by atoms with Crippen LogP contribution < -0.4 is 5.32 Å². The number of anilines is 1. The Hall–Kier alpha value is -2.18. The first kappa shape index (κ1) is 9.90. The lowest BCUT2D eigenvalue weighted by atomic mass is 10.3. The number of amides is 1. The number of ketones is 1. The SMILES string of the molecule is Cn1cc(NC(=O)C(=O)C(=O)O)cn1. The van der Waals surface area contributed by atoms with Crippen molar-refractivity contribution in [2.75, 3.05) is 5.32 Å². The van der Waals surface area contributed by atoms with Crippen LogP contribution in [0, 0.1) is 0 Å². The van der Waals surface area contributed by atoms with Crippen molar-refractivity contribution < 1.29 is 19.5 Å². The minimum atomic E-state index is -1.79. The van der Waals surface area contributed by atoms with Crippen LogP contribution in [-0.4, -0.2) is 32.5 Å². The Bertz CT molecular complexity index is 395. The Morgan fingerprint density at radius 2 is 2.14 bits per heavy atom. The third-order valence-corrected chi connectivity index (χ3v) is 1.36. The second-order valence-corrected chi connectivity index (χ2v) is 2.49. The van der Waals surface area contributed by atoms with Gasteiger partial charge in [-0.25, -0.2) is 4.79 Å². The lowest BCUT2D eigenvalue weighted by Crippen LogP contribution is -2.29. The molecule has 0 aliphatic heterocycles. The molecule has 1 heterocycles. The molecule has 7 heteroatoms. The average molecular weight is 197 g/mol. The van der Waals surface area contributed by atoms with Crippen LogP contribution in [0.1, 0.15) is 0 Å². The Morgan fingerprint density at radius 3 is 2.57 bits per heavy atom. The minimum Gasteiger partial charge on any atom is -0.475 e. The number of hydrogen-bond donors (Lipinski definition) is 2. The number of carbonyl (C=O) groups is 3. The standard InChI is InChI=1S/C7H7N3O4/c1-10-3-4(2-8-10)9-6(12)5(11)7(13)14/h2-3H,1H3,(H,9,12)(H,13,14). The van der Waals surface area contributed by atoms with Gasteiger partial charge in [-0.05, 0) is 0 Å². The highest BCUT2D eigenvalue weighted by atomic mass is 16.4. The van der Waals surface area contributed by atoms with Gasteiger partial charge in [-0.15, -0.1) is 0 Å².